The van der Waals surface area contributed by atoms with Crippen molar-refractivity contribution >= 4 is 11.9 Å². The molecule has 0 aromatic heterocycles. The van der Waals surface area contributed by atoms with Gasteiger partial charge in [-0.15, -0.1) is 0 Å². The number of carbonyl (C=O) groups is 2. The van der Waals surface area contributed by atoms with Crippen LogP contribution in [0.5, 0.6) is 0 Å². The van der Waals surface area contributed by atoms with Gasteiger partial charge in [0.1, 0.15) is 0 Å². The number of esters is 1. The number of hydrogen-bond donors (Lipinski definition) is 1. The van der Waals surface area contributed by atoms with Crippen molar-refractivity contribution in [2.75, 3.05) is 6.61 Å². The quantitative estimate of drug-likeness (QED) is 0.723. The van der Waals surface area contributed by atoms with Crippen LogP contribution < -0.4 is 0 Å². The Bertz CT molecular complexity index is 249. The average molecular weight is 214 g/mol. The van der Waals surface area contributed by atoms with Crippen LogP contribution in [0.25, 0.3) is 0 Å². The maximum Gasteiger partial charge on any atom is 0.309 e. The lowest BCUT2D eigenvalue weighted by Gasteiger charge is -2.14. The van der Waals surface area contributed by atoms with Crippen molar-refractivity contribution in [1.82, 2.24) is 0 Å². The van der Waals surface area contributed by atoms with Crippen LogP contribution >= 0.6 is 0 Å². The predicted octanol–water partition coefficient (Wildman–Crippen LogP) is 1.69. The van der Waals surface area contributed by atoms with E-state index < -0.39 is 17.8 Å². The Morgan fingerprint density at radius 3 is 2.47 bits per heavy atom. The minimum atomic E-state index is -0.877. The van der Waals surface area contributed by atoms with E-state index in [0.717, 1.165) is 6.42 Å². The van der Waals surface area contributed by atoms with Gasteiger partial charge in [0, 0.05) is 0 Å². The highest BCUT2D eigenvalue weighted by Gasteiger charge is 2.42. The molecule has 1 aliphatic rings. The van der Waals surface area contributed by atoms with Gasteiger partial charge in [0.15, 0.2) is 0 Å². The first kappa shape index (κ1) is 12.0. The second-order valence-corrected chi connectivity index (χ2v) is 4.30. The second kappa shape index (κ2) is 5.14. The Morgan fingerprint density at radius 1 is 1.33 bits per heavy atom. The van der Waals surface area contributed by atoms with E-state index in [1.54, 1.807) is 0 Å². The lowest BCUT2D eigenvalue weighted by atomic mass is 9.96. The highest BCUT2D eigenvalue weighted by molar-refractivity contribution is 5.81. The molecule has 1 N–H and O–H groups in total. The molecule has 1 aliphatic carbocycles. The maximum atomic E-state index is 11.6. The van der Waals surface area contributed by atoms with Gasteiger partial charge < -0.3 is 9.84 Å². The van der Waals surface area contributed by atoms with Crippen molar-refractivity contribution in [3.8, 4) is 0 Å². The number of hydrogen-bond acceptors (Lipinski definition) is 3. The van der Waals surface area contributed by atoms with Gasteiger partial charge >= 0.3 is 11.9 Å². The summed E-state index contributed by atoms with van der Waals surface area (Å²) in [5, 5.41) is 8.97. The number of carboxylic acid groups (broad SMARTS) is 1. The Kier molecular flexibility index (Phi) is 4.12. The fourth-order valence-electron chi connectivity index (χ4n) is 2.13. The molecule has 86 valence electrons. The van der Waals surface area contributed by atoms with E-state index in [4.69, 9.17) is 9.84 Å². The van der Waals surface area contributed by atoms with Crippen molar-refractivity contribution in [1.29, 1.82) is 0 Å². The first-order chi connectivity index (χ1) is 7.06. The Balaban J connectivity index is 2.58. The number of carboxylic acids is 1. The van der Waals surface area contributed by atoms with Crippen LogP contribution in [0.15, 0.2) is 0 Å². The molecule has 4 heteroatoms. The molecular formula is C11H18O4. The van der Waals surface area contributed by atoms with Crippen LogP contribution in [0, 0.1) is 17.8 Å². The second-order valence-electron chi connectivity index (χ2n) is 4.30. The summed E-state index contributed by atoms with van der Waals surface area (Å²) in [4.78, 5) is 22.5. The van der Waals surface area contributed by atoms with Gasteiger partial charge in [-0.25, -0.2) is 0 Å². The van der Waals surface area contributed by atoms with Crippen LogP contribution in [0.4, 0.5) is 0 Å². The zero-order valence-electron chi connectivity index (χ0n) is 9.23. The van der Waals surface area contributed by atoms with Gasteiger partial charge in [-0.2, -0.15) is 0 Å². The molecule has 0 bridgehead atoms. The van der Waals surface area contributed by atoms with Crippen molar-refractivity contribution < 1.29 is 19.4 Å². The van der Waals surface area contributed by atoms with Crippen LogP contribution in [0.1, 0.15) is 33.1 Å². The first-order valence-electron chi connectivity index (χ1n) is 5.45. The van der Waals surface area contributed by atoms with E-state index in [2.05, 4.69) is 0 Å². The summed E-state index contributed by atoms with van der Waals surface area (Å²) in [5.74, 6) is -1.91. The minimum Gasteiger partial charge on any atom is -0.481 e. The first-order valence-corrected chi connectivity index (χ1v) is 5.45. The Morgan fingerprint density at radius 2 is 1.93 bits per heavy atom. The molecule has 3 atom stereocenters. The smallest absolute Gasteiger partial charge is 0.309 e. The fourth-order valence-corrected chi connectivity index (χ4v) is 2.13. The summed E-state index contributed by atoms with van der Waals surface area (Å²) in [7, 11) is 0. The van der Waals surface area contributed by atoms with E-state index in [-0.39, 0.29) is 5.97 Å². The van der Waals surface area contributed by atoms with Crippen molar-refractivity contribution in [2.24, 2.45) is 17.8 Å². The lowest BCUT2D eigenvalue weighted by Crippen LogP contribution is -2.27. The number of ether oxygens (including phenoxy) is 1. The molecule has 0 aliphatic heterocycles. The third-order valence-corrected chi connectivity index (χ3v) is 2.87. The van der Waals surface area contributed by atoms with Gasteiger partial charge in [0.05, 0.1) is 18.4 Å². The zero-order chi connectivity index (χ0) is 11.4. The van der Waals surface area contributed by atoms with E-state index in [9.17, 15) is 9.59 Å². The molecule has 1 rings (SSSR count). The molecule has 1 saturated carbocycles. The predicted molar refractivity (Wildman–Crippen MR) is 54.3 cm³/mol. The third-order valence-electron chi connectivity index (χ3n) is 2.87. The molecule has 1 fully saturated rings. The normalized spacial score (nSPS) is 30.1. The van der Waals surface area contributed by atoms with Gasteiger partial charge in [-0.05, 0) is 25.2 Å². The third kappa shape index (κ3) is 2.94. The van der Waals surface area contributed by atoms with Crippen LogP contribution in [-0.4, -0.2) is 23.7 Å². The largest absolute Gasteiger partial charge is 0.481 e. The van der Waals surface area contributed by atoms with Gasteiger partial charge in [0.25, 0.3) is 0 Å². The molecule has 4 nitrogen and oxygen atoms in total. The molecule has 0 aromatic carbocycles. The molecule has 15 heavy (non-hydrogen) atoms. The SMILES string of the molecule is CCCOC(=O)C1CC(C)CC1C(=O)O. The lowest BCUT2D eigenvalue weighted by molar-refractivity contribution is -0.156. The van der Waals surface area contributed by atoms with Crippen LogP contribution in [0.3, 0.4) is 0 Å². The highest BCUT2D eigenvalue weighted by Crippen LogP contribution is 2.37. The Hall–Kier alpha value is -1.06. The molecule has 3 unspecified atom stereocenters. The number of carbonyl (C=O) groups excluding carboxylic acids is 1. The van der Waals surface area contributed by atoms with Crippen LogP contribution in [0.2, 0.25) is 0 Å². The summed E-state index contributed by atoms with van der Waals surface area (Å²) >= 11 is 0. The van der Waals surface area contributed by atoms with Crippen molar-refractivity contribution in [3.05, 3.63) is 0 Å². The van der Waals surface area contributed by atoms with Crippen molar-refractivity contribution in [3.63, 3.8) is 0 Å². The van der Waals surface area contributed by atoms with E-state index in [1.807, 2.05) is 13.8 Å². The molecule has 0 spiro atoms. The van der Waals surface area contributed by atoms with E-state index in [1.165, 1.54) is 0 Å². The van der Waals surface area contributed by atoms with E-state index in [0.29, 0.717) is 25.4 Å². The van der Waals surface area contributed by atoms with Crippen LogP contribution in [-0.2, 0) is 14.3 Å². The zero-order valence-corrected chi connectivity index (χ0v) is 9.23. The standard InChI is InChI=1S/C11H18O4/c1-3-4-15-11(14)9-6-7(2)5-8(9)10(12)13/h7-9H,3-6H2,1-2H3,(H,12,13). The molecule has 0 amide bonds. The maximum absolute atomic E-state index is 11.6. The molecule has 0 radical (unpaired) electrons. The van der Waals surface area contributed by atoms with Crippen molar-refractivity contribution in [2.45, 2.75) is 33.1 Å². The summed E-state index contributed by atoms with van der Waals surface area (Å²) < 4.78 is 5.00. The highest BCUT2D eigenvalue weighted by atomic mass is 16.5. The summed E-state index contributed by atoms with van der Waals surface area (Å²) in [5.41, 5.74) is 0. The summed E-state index contributed by atoms with van der Waals surface area (Å²) in [6.07, 6.45) is 1.99. The average Bonchev–Trinajstić information content (AvgIpc) is 2.57. The monoisotopic (exact) mass is 214 g/mol. The molecule has 0 aromatic rings. The number of aliphatic carboxylic acids is 1. The Labute approximate surface area is 89.6 Å². The van der Waals surface area contributed by atoms with Gasteiger partial charge in [-0.1, -0.05) is 13.8 Å². The molecular weight excluding hydrogens is 196 g/mol. The van der Waals surface area contributed by atoms with Gasteiger partial charge in [0.2, 0.25) is 0 Å². The van der Waals surface area contributed by atoms with Gasteiger partial charge in [-0.3, -0.25) is 9.59 Å². The fraction of sp³-hybridized carbons (Fsp3) is 0.818. The minimum absolute atomic E-state index is 0.297. The number of rotatable bonds is 4. The summed E-state index contributed by atoms with van der Waals surface area (Å²) in [6, 6.07) is 0. The molecule has 0 saturated heterocycles. The summed E-state index contributed by atoms with van der Waals surface area (Å²) in [6.45, 7) is 4.28. The topological polar surface area (TPSA) is 63.6 Å². The molecule has 0 heterocycles. The van der Waals surface area contributed by atoms with E-state index >= 15 is 0 Å².